The van der Waals surface area contributed by atoms with Gasteiger partial charge in [0.2, 0.25) is 0 Å². The lowest BCUT2D eigenvalue weighted by Crippen LogP contribution is -2.29. The van der Waals surface area contributed by atoms with E-state index in [1.54, 1.807) is 0 Å². The normalized spacial score (nSPS) is 12.7. The van der Waals surface area contributed by atoms with Crippen molar-refractivity contribution in [3.05, 3.63) is 60.8 Å². The van der Waals surface area contributed by atoms with Gasteiger partial charge in [-0.1, -0.05) is 255 Å². The molecule has 0 radical (unpaired) electrons. The molecule has 1 atom stereocenters. The average Bonchev–Trinajstić information content (AvgIpc) is 3.25. The van der Waals surface area contributed by atoms with Crippen LogP contribution in [0.1, 0.15) is 252 Å². The molecule has 0 spiro atoms. The molecule has 348 valence electrons. The molecule has 1 unspecified atom stereocenters. The van der Waals surface area contributed by atoms with Crippen LogP contribution in [-0.2, 0) is 23.8 Å². The summed E-state index contributed by atoms with van der Waals surface area (Å²) in [5.41, 5.74) is 0. The van der Waals surface area contributed by atoms with E-state index in [4.69, 9.17) is 14.2 Å². The van der Waals surface area contributed by atoms with Gasteiger partial charge in [0.25, 0.3) is 0 Å². The van der Waals surface area contributed by atoms with Crippen LogP contribution in [-0.4, -0.2) is 37.9 Å². The van der Waals surface area contributed by atoms with Crippen LogP contribution in [0.4, 0.5) is 0 Å². The standard InChI is InChI=1S/C55H98O5/c1-4-7-10-13-16-19-22-25-27-28-30-31-33-36-39-42-45-48-54(56)59-52-53(51-58-50-47-44-41-38-35-24-21-18-15-12-9-6-3)60-55(57)49-46-43-40-37-34-32-29-26-23-20-17-14-11-8-5-2/h8,11,17,20,26,29,34,37,43,46,53H,4-7,9-10,12-16,18-19,21-25,27-28,30-33,35-36,38-42,44-45,47-52H2,1-3H3/b11-8-,20-17-,29-26-,37-34-,46-43-. The van der Waals surface area contributed by atoms with Crippen molar-refractivity contribution in [3.8, 4) is 0 Å². The van der Waals surface area contributed by atoms with E-state index in [1.807, 2.05) is 12.2 Å². The fourth-order valence-corrected chi connectivity index (χ4v) is 7.29. The Morgan fingerprint density at radius 1 is 0.383 bits per heavy atom. The topological polar surface area (TPSA) is 61.8 Å². The summed E-state index contributed by atoms with van der Waals surface area (Å²) in [6, 6.07) is 0. The molecule has 0 aliphatic rings. The van der Waals surface area contributed by atoms with Crippen molar-refractivity contribution in [1.29, 1.82) is 0 Å². The molecule has 0 heterocycles. The van der Waals surface area contributed by atoms with Gasteiger partial charge in [0, 0.05) is 13.0 Å². The van der Waals surface area contributed by atoms with Crippen LogP contribution in [0.25, 0.3) is 0 Å². The number of esters is 2. The molecule has 0 aliphatic heterocycles. The van der Waals surface area contributed by atoms with E-state index in [2.05, 4.69) is 69.4 Å². The molecule has 0 aliphatic carbocycles. The lowest BCUT2D eigenvalue weighted by Gasteiger charge is -2.18. The summed E-state index contributed by atoms with van der Waals surface area (Å²) in [5, 5.41) is 0. The lowest BCUT2D eigenvalue weighted by molar-refractivity contribution is -0.162. The van der Waals surface area contributed by atoms with E-state index >= 15 is 0 Å². The quantitative estimate of drug-likeness (QED) is 0.0347. The van der Waals surface area contributed by atoms with Gasteiger partial charge in [-0.15, -0.1) is 0 Å². The minimum Gasteiger partial charge on any atom is -0.462 e. The number of ether oxygens (including phenoxy) is 3. The van der Waals surface area contributed by atoms with E-state index in [0.717, 1.165) is 57.8 Å². The molecule has 0 N–H and O–H groups in total. The molecule has 0 saturated carbocycles. The molecule has 0 aromatic carbocycles. The Kier molecular flexibility index (Phi) is 48.9. The van der Waals surface area contributed by atoms with Gasteiger partial charge in [-0.3, -0.25) is 9.59 Å². The molecular formula is C55H98O5. The molecule has 0 fully saturated rings. The zero-order chi connectivity index (χ0) is 43.5. The van der Waals surface area contributed by atoms with Gasteiger partial charge in [-0.2, -0.15) is 0 Å². The highest BCUT2D eigenvalue weighted by Gasteiger charge is 2.17. The molecule has 0 aromatic rings. The lowest BCUT2D eigenvalue weighted by atomic mass is 10.0. The largest absolute Gasteiger partial charge is 0.462 e. The zero-order valence-corrected chi connectivity index (χ0v) is 40.0. The maximum atomic E-state index is 12.7. The van der Waals surface area contributed by atoms with E-state index in [-0.39, 0.29) is 31.6 Å². The van der Waals surface area contributed by atoms with Crippen molar-refractivity contribution in [3.63, 3.8) is 0 Å². The second kappa shape index (κ2) is 51.0. The Labute approximate surface area is 373 Å². The number of rotatable bonds is 47. The summed E-state index contributed by atoms with van der Waals surface area (Å²) in [7, 11) is 0. The second-order valence-corrected chi connectivity index (χ2v) is 17.1. The molecule has 0 aromatic heterocycles. The van der Waals surface area contributed by atoms with Crippen LogP contribution in [0.2, 0.25) is 0 Å². The first-order valence-corrected chi connectivity index (χ1v) is 25.8. The molecule has 5 heteroatoms. The smallest absolute Gasteiger partial charge is 0.310 e. The number of allylic oxidation sites excluding steroid dienone is 9. The minimum absolute atomic E-state index is 0.0492. The summed E-state index contributed by atoms with van der Waals surface area (Å²) in [6.45, 7) is 7.64. The van der Waals surface area contributed by atoms with Crippen LogP contribution >= 0.6 is 0 Å². The minimum atomic E-state index is -0.586. The van der Waals surface area contributed by atoms with Crippen molar-refractivity contribution in [1.82, 2.24) is 0 Å². The van der Waals surface area contributed by atoms with Gasteiger partial charge in [0.15, 0.2) is 6.10 Å². The van der Waals surface area contributed by atoms with Crippen molar-refractivity contribution in [2.24, 2.45) is 0 Å². The SMILES string of the molecule is CC/C=C\C/C=C\C/C=C\C/C=C\C/C=C\CC(=O)OC(COCCCCCCCCCCCCCC)COC(=O)CCCCCCCCCCCCCCCCCCC. The van der Waals surface area contributed by atoms with Crippen molar-refractivity contribution >= 4 is 11.9 Å². The van der Waals surface area contributed by atoms with E-state index in [9.17, 15) is 9.59 Å². The third-order valence-corrected chi connectivity index (χ3v) is 11.1. The Balaban J connectivity index is 4.33. The number of hydrogen-bond donors (Lipinski definition) is 0. The summed E-state index contributed by atoms with van der Waals surface area (Å²) < 4.78 is 17.3. The maximum absolute atomic E-state index is 12.7. The third-order valence-electron chi connectivity index (χ3n) is 11.1. The van der Waals surface area contributed by atoms with Crippen LogP contribution < -0.4 is 0 Å². The fourth-order valence-electron chi connectivity index (χ4n) is 7.29. The molecule has 60 heavy (non-hydrogen) atoms. The summed E-state index contributed by atoms with van der Waals surface area (Å²) >= 11 is 0. The predicted molar refractivity (Wildman–Crippen MR) is 261 cm³/mol. The highest BCUT2D eigenvalue weighted by atomic mass is 16.6. The molecule has 5 nitrogen and oxygen atoms in total. The molecular weight excluding hydrogens is 741 g/mol. The Morgan fingerprint density at radius 3 is 1.13 bits per heavy atom. The summed E-state index contributed by atoms with van der Waals surface area (Å²) in [5.74, 6) is -0.532. The Morgan fingerprint density at radius 2 is 0.733 bits per heavy atom. The van der Waals surface area contributed by atoms with E-state index < -0.39 is 6.10 Å². The van der Waals surface area contributed by atoms with Crippen molar-refractivity contribution in [2.75, 3.05) is 19.8 Å². The van der Waals surface area contributed by atoms with Gasteiger partial charge in [0.1, 0.15) is 6.61 Å². The number of hydrogen-bond acceptors (Lipinski definition) is 5. The van der Waals surface area contributed by atoms with Crippen molar-refractivity contribution < 1.29 is 23.8 Å². The first-order chi connectivity index (χ1) is 29.6. The number of unbranched alkanes of at least 4 members (excludes halogenated alkanes) is 27. The molecule has 0 saturated heterocycles. The summed E-state index contributed by atoms with van der Waals surface area (Å²) in [6.07, 6.45) is 64.0. The molecule has 0 amide bonds. The average molecular weight is 839 g/mol. The fraction of sp³-hybridized carbons (Fsp3) is 0.782. The Hall–Kier alpha value is -2.40. The van der Waals surface area contributed by atoms with Gasteiger partial charge < -0.3 is 14.2 Å². The highest BCUT2D eigenvalue weighted by Crippen LogP contribution is 2.15. The highest BCUT2D eigenvalue weighted by molar-refractivity contribution is 5.71. The summed E-state index contributed by atoms with van der Waals surface area (Å²) in [4.78, 5) is 25.3. The third kappa shape index (κ3) is 48.3. The van der Waals surface area contributed by atoms with Gasteiger partial charge in [0.05, 0.1) is 13.0 Å². The van der Waals surface area contributed by atoms with E-state index in [1.165, 1.54) is 161 Å². The first-order valence-electron chi connectivity index (χ1n) is 25.8. The molecule has 0 bridgehead atoms. The van der Waals surface area contributed by atoms with Crippen molar-refractivity contribution in [2.45, 2.75) is 258 Å². The predicted octanol–water partition coefficient (Wildman–Crippen LogP) is 17.3. The van der Waals surface area contributed by atoms with E-state index in [0.29, 0.717) is 13.0 Å². The Bertz CT molecular complexity index is 1040. The first kappa shape index (κ1) is 57.6. The van der Waals surface area contributed by atoms with Gasteiger partial charge in [-0.25, -0.2) is 0 Å². The van der Waals surface area contributed by atoms with Crippen LogP contribution in [0, 0.1) is 0 Å². The number of carbonyl (C=O) groups is 2. The molecule has 0 rings (SSSR count). The monoisotopic (exact) mass is 839 g/mol. The van der Waals surface area contributed by atoms with Crippen LogP contribution in [0.5, 0.6) is 0 Å². The van der Waals surface area contributed by atoms with Crippen LogP contribution in [0.15, 0.2) is 60.8 Å². The van der Waals surface area contributed by atoms with Crippen LogP contribution in [0.3, 0.4) is 0 Å². The van der Waals surface area contributed by atoms with Gasteiger partial charge in [-0.05, 0) is 44.9 Å². The zero-order valence-electron chi connectivity index (χ0n) is 40.0. The maximum Gasteiger partial charge on any atom is 0.310 e. The second-order valence-electron chi connectivity index (χ2n) is 17.1. The van der Waals surface area contributed by atoms with Gasteiger partial charge >= 0.3 is 11.9 Å². The number of carbonyl (C=O) groups excluding carboxylic acids is 2.